The number of carbonyl (C=O) groups is 2. The number of hydrogen-bond acceptors (Lipinski definition) is 4. The second-order valence-electron chi connectivity index (χ2n) is 7.83. The molecule has 2 aromatic rings. The quantitative estimate of drug-likeness (QED) is 0.702. The monoisotopic (exact) mass is 409 g/mol. The van der Waals surface area contributed by atoms with Gasteiger partial charge >= 0.3 is 0 Å². The van der Waals surface area contributed by atoms with Gasteiger partial charge in [-0.2, -0.15) is 0 Å². The molecule has 0 radical (unpaired) electrons. The number of carbonyl (C=O) groups excluding carboxylic acids is 2. The normalized spacial score (nSPS) is 14.3. The lowest BCUT2D eigenvalue weighted by atomic mass is 9.96. The van der Waals surface area contributed by atoms with Crippen LogP contribution in [0.5, 0.6) is 0 Å². The summed E-state index contributed by atoms with van der Waals surface area (Å²) in [5.41, 5.74) is 9.20. The van der Waals surface area contributed by atoms with Crippen LogP contribution < -0.4 is 11.1 Å². The van der Waals surface area contributed by atoms with Gasteiger partial charge in [-0.1, -0.05) is 30.3 Å². The molecular formula is C24H31N3O3. The van der Waals surface area contributed by atoms with E-state index in [0.29, 0.717) is 24.6 Å². The first-order valence-electron chi connectivity index (χ1n) is 10.6. The van der Waals surface area contributed by atoms with Gasteiger partial charge < -0.3 is 20.7 Å². The molecule has 30 heavy (non-hydrogen) atoms. The minimum absolute atomic E-state index is 0.00872. The summed E-state index contributed by atoms with van der Waals surface area (Å²) in [5, 5.41) is 3.02. The summed E-state index contributed by atoms with van der Waals surface area (Å²) in [4.78, 5) is 25.7. The number of likely N-dealkylation sites (N-methyl/N-ethyl adjacent to an activating group) is 1. The van der Waals surface area contributed by atoms with Gasteiger partial charge in [-0.05, 0) is 60.1 Å². The van der Waals surface area contributed by atoms with Gasteiger partial charge in [0, 0.05) is 38.9 Å². The largest absolute Gasteiger partial charge is 0.381 e. The second kappa shape index (κ2) is 10.9. The lowest BCUT2D eigenvalue weighted by Crippen LogP contribution is -2.32. The Labute approximate surface area is 178 Å². The maximum Gasteiger partial charge on any atom is 0.251 e. The first-order chi connectivity index (χ1) is 14.6. The molecule has 1 aliphatic heterocycles. The number of nitrogens with zero attached hydrogens (tertiary/aromatic N) is 1. The third kappa shape index (κ3) is 6.15. The van der Waals surface area contributed by atoms with Gasteiger partial charge in [0.1, 0.15) is 0 Å². The van der Waals surface area contributed by atoms with Gasteiger partial charge in [0.05, 0.1) is 6.54 Å². The Hall–Kier alpha value is -2.70. The average molecular weight is 410 g/mol. The molecule has 3 N–H and O–H groups in total. The number of rotatable bonds is 8. The molecule has 0 bridgehead atoms. The molecule has 6 nitrogen and oxygen atoms in total. The maximum absolute atomic E-state index is 12.4. The third-order valence-corrected chi connectivity index (χ3v) is 5.61. The van der Waals surface area contributed by atoms with Gasteiger partial charge in [-0.3, -0.25) is 9.59 Å². The SMILES string of the molecule is CN(Cc1cccc(-c2ccc(C(=O)NCCC3CCOCC3)cc2)c1)C(=O)CN. The fraction of sp³-hybridized carbons (Fsp3) is 0.417. The van der Waals surface area contributed by atoms with Crippen molar-refractivity contribution in [2.45, 2.75) is 25.8 Å². The van der Waals surface area contributed by atoms with E-state index in [9.17, 15) is 9.59 Å². The summed E-state index contributed by atoms with van der Waals surface area (Å²) in [6.45, 7) is 2.89. The number of benzene rings is 2. The van der Waals surface area contributed by atoms with E-state index in [1.54, 1.807) is 11.9 Å². The van der Waals surface area contributed by atoms with Crippen LogP contribution in [-0.2, 0) is 16.1 Å². The molecule has 0 spiro atoms. The molecule has 1 aliphatic rings. The zero-order valence-electron chi connectivity index (χ0n) is 17.6. The lowest BCUT2D eigenvalue weighted by Gasteiger charge is -2.21. The highest BCUT2D eigenvalue weighted by molar-refractivity contribution is 5.94. The fourth-order valence-electron chi connectivity index (χ4n) is 3.71. The van der Waals surface area contributed by atoms with Crippen LogP contribution in [0, 0.1) is 5.92 Å². The minimum atomic E-state index is -0.0902. The highest BCUT2D eigenvalue weighted by atomic mass is 16.5. The van der Waals surface area contributed by atoms with Crippen LogP contribution in [0.25, 0.3) is 11.1 Å². The van der Waals surface area contributed by atoms with Gasteiger partial charge in [0.2, 0.25) is 5.91 Å². The van der Waals surface area contributed by atoms with Crippen molar-refractivity contribution < 1.29 is 14.3 Å². The molecule has 0 aromatic heterocycles. The Morgan fingerprint density at radius 3 is 2.53 bits per heavy atom. The van der Waals surface area contributed by atoms with Crippen LogP contribution in [-0.4, -0.2) is 50.1 Å². The van der Waals surface area contributed by atoms with Crippen molar-refractivity contribution >= 4 is 11.8 Å². The lowest BCUT2D eigenvalue weighted by molar-refractivity contribution is -0.128. The average Bonchev–Trinajstić information content (AvgIpc) is 2.79. The zero-order valence-corrected chi connectivity index (χ0v) is 17.6. The summed E-state index contributed by atoms with van der Waals surface area (Å²) >= 11 is 0. The first kappa shape index (κ1) is 22.0. The van der Waals surface area contributed by atoms with E-state index in [0.717, 1.165) is 49.2 Å². The molecular weight excluding hydrogens is 378 g/mol. The Morgan fingerprint density at radius 1 is 1.10 bits per heavy atom. The van der Waals surface area contributed by atoms with Crippen molar-refractivity contribution in [3.63, 3.8) is 0 Å². The van der Waals surface area contributed by atoms with E-state index in [1.807, 2.05) is 42.5 Å². The van der Waals surface area contributed by atoms with Gasteiger partial charge in [-0.25, -0.2) is 0 Å². The standard InChI is InChI=1S/C24H31N3O3/c1-27(23(28)16-25)17-19-3-2-4-22(15-19)20-5-7-21(8-6-20)24(29)26-12-9-18-10-13-30-14-11-18/h2-8,15,18H,9-14,16-17,25H2,1H3,(H,26,29). The number of nitrogens with one attached hydrogen (secondary N) is 1. The Morgan fingerprint density at radius 2 is 1.83 bits per heavy atom. The molecule has 2 amide bonds. The van der Waals surface area contributed by atoms with Crippen LogP contribution >= 0.6 is 0 Å². The van der Waals surface area contributed by atoms with E-state index in [2.05, 4.69) is 11.4 Å². The van der Waals surface area contributed by atoms with Crippen LogP contribution in [0.1, 0.15) is 35.2 Å². The van der Waals surface area contributed by atoms with Gasteiger partial charge in [0.15, 0.2) is 0 Å². The van der Waals surface area contributed by atoms with E-state index >= 15 is 0 Å². The summed E-state index contributed by atoms with van der Waals surface area (Å²) in [6.07, 6.45) is 3.17. The Balaban J connectivity index is 1.56. The van der Waals surface area contributed by atoms with E-state index in [1.165, 1.54) is 0 Å². The first-order valence-corrected chi connectivity index (χ1v) is 10.6. The summed E-state index contributed by atoms with van der Waals surface area (Å²) in [7, 11) is 1.75. The van der Waals surface area contributed by atoms with Crippen molar-refractivity contribution in [2.24, 2.45) is 11.7 Å². The Kier molecular flexibility index (Phi) is 7.99. The summed E-state index contributed by atoms with van der Waals surface area (Å²) in [5.74, 6) is 0.518. The number of hydrogen-bond donors (Lipinski definition) is 2. The molecule has 0 aliphatic carbocycles. The van der Waals surface area contributed by atoms with Crippen molar-refractivity contribution in [1.82, 2.24) is 10.2 Å². The van der Waals surface area contributed by atoms with Crippen molar-refractivity contribution in [3.8, 4) is 11.1 Å². The molecule has 2 aromatic carbocycles. The van der Waals surface area contributed by atoms with E-state index < -0.39 is 0 Å². The van der Waals surface area contributed by atoms with Crippen LogP contribution in [0.4, 0.5) is 0 Å². The van der Waals surface area contributed by atoms with Gasteiger partial charge in [0.25, 0.3) is 5.91 Å². The van der Waals surface area contributed by atoms with Crippen LogP contribution in [0.2, 0.25) is 0 Å². The van der Waals surface area contributed by atoms with Crippen LogP contribution in [0.3, 0.4) is 0 Å². The molecule has 0 unspecified atom stereocenters. The molecule has 0 atom stereocenters. The number of amides is 2. The molecule has 1 heterocycles. The minimum Gasteiger partial charge on any atom is -0.381 e. The predicted octanol–water partition coefficient (Wildman–Crippen LogP) is 2.82. The smallest absolute Gasteiger partial charge is 0.251 e. The molecule has 1 fully saturated rings. The number of nitrogens with two attached hydrogens (primary N) is 1. The molecule has 3 rings (SSSR count). The third-order valence-electron chi connectivity index (χ3n) is 5.61. The van der Waals surface area contributed by atoms with Crippen molar-refractivity contribution in [2.75, 3.05) is 33.4 Å². The predicted molar refractivity (Wildman–Crippen MR) is 118 cm³/mol. The summed E-state index contributed by atoms with van der Waals surface area (Å²) in [6, 6.07) is 15.7. The molecule has 160 valence electrons. The highest BCUT2D eigenvalue weighted by Crippen LogP contribution is 2.22. The highest BCUT2D eigenvalue weighted by Gasteiger charge is 2.14. The number of ether oxygens (including phenoxy) is 1. The van der Waals surface area contributed by atoms with Crippen molar-refractivity contribution in [1.29, 1.82) is 0 Å². The molecule has 0 saturated carbocycles. The van der Waals surface area contributed by atoms with Crippen molar-refractivity contribution in [3.05, 3.63) is 59.7 Å². The zero-order chi connectivity index (χ0) is 21.3. The second-order valence-corrected chi connectivity index (χ2v) is 7.83. The van der Waals surface area contributed by atoms with E-state index in [4.69, 9.17) is 10.5 Å². The van der Waals surface area contributed by atoms with Gasteiger partial charge in [-0.15, -0.1) is 0 Å². The fourth-order valence-corrected chi connectivity index (χ4v) is 3.71. The summed E-state index contributed by atoms with van der Waals surface area (Å²) < 4.78 is 5.38. The Bertz CT molecular complexity index is 845. The maximum atomic E-state index is 12.4. The topological polar surface area (TPSA) is 84.7 Å². The molecule has 6 heteroatoms. The van der Waals surface area contributed by atoms with E-state index in [-0.39, 0.29) is 18.4 Å². The van der Waals surface area contributed by atoms with Crippen LogP contribution in [0.15, 0.2) is 48.5 Å². The molecule has 1 saturated heterocycles.